The van der Waals surface area contributed by atoms with Crippen molar-refractivity contribution in [3.63, 3.8) is 0 Å². The fourth-order valence-corrected chi connectivity index (χ4v) is 4.24. The monoisotopic (exact) mass is 495 g/mol. The van der Waals surface area contributed by atoms with E-state index in [1.54, 1.807) is 26.2 Å². The molecule has 0 saturated heterocycles. The van der Waals surface area contributed by atoms with E-state index in [2.05, 4.69) is 20.3 Å². The average molecular weight is 496 g/mol. The molecule has 0 radical (unpaired) electrons. The number of aromatic nitrogens is 4. The lowest BCUT2D eigenvalue weighted by Gasteiger charge is -2.19. The van der Waals surface area contributed by atoms with Gasteiger partial charge in [-0.3, -0.25) is 9.78 Å². The third-order valence-corrected chi connectivity index (χ3v) is 6.00. The van der Waals surface area contributed by atoms with Gasteiger partial charge in [-0.05, 0) is 30.4 Å². The standard InChI is InChI=1S/C28H25N5O4/c1-3-36-28(35)24-25(30-15-21-14-29-13-20-11-7-8-12-22(20)21)23-18(2)31-17-32-26(23)33(27(24)34)37-16-19-9-5-4-6-10-19/h4-14,17,30H,3,15-16H2,1-2H3. The Kier molecular flexibility index (Phi) is 6.76. The van der Waals surface area contributed by atoms with Crippen LogP contribution in [0.15, 0.2) is 78.1 Å². The number of pyridine rings is 2. The van der Waals surface area contributed by atoms with E-state index in [4.69, 9.17) is 9.57 Å². The first-order chi connectivity index (χ1) is 18.1. The van der Waals surface area contributed by atoms with E-state index in [0.717, 1.165) is 26.6 Å². The van der Waals surface area contributed by atoms with Crippen molar-refractivity contribution >= 4 is 33.5 Å². The molecule has 3 heterocycles. The molecule has 9 nitrogen and oxygen atoms in total. The van der Waals surface area contributed by atoms with E-state index in [-0.39, 0.29) is 24.4 Å². The summed E-state index contributed by atoms with van der Waals surface area (Å²) in [6.45, 7) is 3.99. The van der Waals surface area contributed by atoms with Crippen LogP contribution in [0.5, 0.6) is 0 Å². The van der Waals surface area contributed by atoms with Crippen LogP contribution in [0.25, 0.3) is 21.8 Å². The number of hydrogen-bond acceptors (Lipinski definition) is 8. The molecule has 0 bridgehead atoms. The highest BCUT2D eigenvalue weighted by Crippen LogP contribution is 2.28. The first kappa shape index (κ1) is 23.9. The van der Waals surface area contributed by atoms with Gasteiger partial charge in [0.1, 0.15) is 12.9 Å². The maximum Gasteiger partial charge on any atom is 0.346 e. The van der Waals surface area contributed by atoms with Gasteiger partial charge in [0.25, 0.3) is 0 Å². The minimum atomic E-state index is -0.756. The van der Waals surface area contributed by atoms with Gasteiger partial charge in [0.05, 0.1) is 23.4 Å². The summed E-state index contributed by atoms with van der Waals surface area (Å²) >= 11 is 0. The predicted molar refractivity (Wildman–Crippen MR) is 140 cm³/mol. The summed E-state index contributed by atoms with van der Waals surface area (Å²) in [6.07, 6.45) is 4.92. The minimum absolute atomic E-state index is 0.107. The molecule has 2 aromatic carbocycles. The molecule has 37 heavy (non-hydrogen) atoms. The molecule has 0 spiro atoms. The Balaban J connectivity index is 1.65. The van der Waals surface area contributed by atoms with E-state index in [1.165, 1.54) is 6.33 Å². The smallest absolute Gasteiger partial charge is 0.346 e. The van der Waals surface area contributed by atoms with Crippen LogP contribution in [0.3, 0.4) is 0 Å². The zero-order chi connectivity index (χ0) is 25.8. The number of carbonyl (C=O) groups excluding carboxylic acids is 1. The third kappa shape index (κ3) is 4.71. The summed E-state index contributed by atoms with van der Waals surface area (Å²) in [5.74, 6) is -0.756. The van der Waals surface area contributed by atoms with Gasteiger partial charge in [0.2, 0.25) is 0 Å². The molecule has 0 unspecified atom stereocenters. The number of hydrogen-bond donors (Lipinski definition) is 1. The van der Waals surface area contributed by atoms with Crippen molar-refractivity contribution < 1.29 is 14.4 Å². The van der Waals surface area contributed by atoms with Crippen LogP contribution >= 0.6 is 0 Å². The Labute approximate surface area is 212 Å². The number of fused-ring (bicyclic) bond motifs is 2. The number of aryl methyl sites for hydroxylation is 1. The molecule has 0 fully saturated rings. The number of carbonyl (C=O) groups is 1. The zero-order valence-electron chi connectivity index (χ0n) is 20.5. The second-order valence-electron chi connectivity index (χ2n) is 8.36. The van der Waals surface area contributed by atoms with E-state index in [9.17, 15) is 9.59 Å². The van der Waals surface area contributed by atoms with Crippen LogP contribution in [-0.4, -0.2) is 32.3 Å². The highest BCUT2D eigenvalue weighted by molar-refractivity contribution is 6.05. The van der Waals surface area contributed by atoms with E-state index in [1.807, 2.05) is 54.6 Å². The van der Waals surface area contributed by atoms with Crippen molar-refractivity contribution in [2.75, 3.05) is 11.9 Å². The van der Waals surface area contributed by atoms with Crippen LogP contribution in [0.2, 0.25) is 0 Å². The van der Waals surface area contributed by atoms with Crippen molar-refractivity contribution in [1.82, 2.24) is 19.7 Å². The Morgan fingerprint density at radius 2 is 1.81 bits per heavy atom. The molecule has 0 aliphatic rings. The lowest BCUT2D eigenvalue weighted by Crippen LogP contribution is -2.34. The van der Waals surface area contributed by atoms with Gasteiger partial charge in [-0.2, -0.15) is 0 Å². The topological polar surface area (TPSA) is 108 Å². The van der Waals surface area contributed by atoms with E-state index in [0.29, 0.717) is 23.3 Å². The molecule has 9 heteroatoms. The minimum Gasteiger partial charge on any atom is -0.462 e. The van der Waals surface area contributed by atoms with Crippen molar-refractivity contribution in [3.05, 3.63) is 106 Å². The molecule has 1 N–H and O–H groups in total. The normalized spacial score (nSPS) is 11.0. The zero-order valence-corrected chi connectivity index (χ0v) is 20.5. The fraction of sp³-hybridized carbons (Fsp3) is 0.179. The van der Waals surface area contributed by atoms with Gasteiger partial charge in [-0.15, -0.1) is 4.73 Å². The lowest BCUT2D eigenvalue weighted by molar-refractivity contribution is 0.0513. The number of nitrogens with one attached hydrogen (secondary N) is 1. The van der Waals surface area contributed by atoms with Crippen LogP contribution in [0, 0.1) is 6.92 Å². The molecule has 0 amide bonds. The number of anilines is 1. The summed E-state index contributed by atoms with van der Waals surface area (Å²) in [6, 6.07) is 17.3. The second kappa shape index (κ2) is 10.4. The summed E-state index contributed by atoms with van der Waals surface area (Å²) in [7, 11) is 0. The van der Waals surface area contributed by atoms with Gasteiger partial charge in [-0.25, -0.2) is 14.8 Å². The van der Waals surface area contributed by atoms with Crippen molar-refractivity contribution in [3.8, 4) is 0 Å². The van der Waals surface area contributed by atoms with Crippen molar-refractivity contribution in [1.29, 1.82) is 0 Å². The summed E-state index contributed by atoms with van der Waals surface area (Å²) in [4.78, 5) is 45.7. The molecule has 0 aliphatic carbocycles. The Morgan fingerprint density at radius 1 is 1.03 bits per heavy atom. The molecule has 5 aromatic rings. The molecule has 0 atom stereocenters. The van der Waals surface area contributed by atoms with E-state index < -0.39 is 11.5 Å². The number of rotatable bonds is 8. The predicted octanol–water partition coefficient (Wildman–Crippen LogP) is 4.07. The highest BCUT2D eigenvalue weighted by atomic mass is 16.7. The molecular formula is C28H25N5O4. The van der Waals surface area contributed by atoms with Crippen LogP contribution in [0.1, 0.15) is 34.1 Å². The van der Waals surface area contributed by atoms with E-state index >= 15 is 0 Å². The average Bonchev–Trinajstić information content (AvgIpc) is 2.92. The molecule has 0 aliphatic heterocycles. The summed E-state index contributed by atoms with van der Waals surface area (Å²) in [5.41, 5.74) is 2.04. The quantitative estimate of drug-likeness (QED) is 0.321. The summed E-state index contributed by atoms with van der Waals surface area (Å²) in [5, 5.41) is 5.79. The number of nitrogens with zero attached hydrogens (tertiary/aromatic N) is 4. The molecule has 0 saturated carbocycles. The van der Waals surface area contributed by atoms with Gasteiger partial charge in [0.15, 0.2) is 11.2 Å². The third-order valence-electron chi connectivity index (χ3n) is 6.00. The Morgan fingerprint density at radius 3 is 2.62 bits per heavy atom. The van der Waals surface area contributed by atoms with Gasteiger partial charge in [-0.1, -0.05) is 54.6 Å². The SMILES string of the molecule is CCOC(=O)c1c(NCc2cncc3ccccc23)c2c(C)ncnc2n(OCc2ccccc2)c1=O. The van der Waals surface area contributed by atoms with Crippen molar-refractivity contribution in [2.24, 2.45) is 0 Å². The second-order valence-corrected chi connectivity index (χ2v) is 8.36. The fourth-order valence-electron chi connectivity index (χ4n) is 4.24. The molecule has 5 rings (SSSR count). The largest absolute Gasteiger partial charge is 0.462 e. The van der Waals surface area contributed by atoms with Gasteiger partial charge >= 0.3 is 11.5 Å². The molecule has 186 valence electrons. The maximum atomic E-state index is 13.7. The summed E-state index contributed by atoms with van der Waals surface area (Å²) < 4.78 is 6.33. The number of ether oxygens (including phenoxy) is 1. The first-order valence-electron chi connectivity index (χ1n) is 11.9. The van der Waals surface area contributed by atoms with Crippen LogP contribution in [0.4, 0.5) is 5.69 Å². The molecule has 3 aromatic heterocycles. The molecular weight excluding hydrogens is 470 g/mol. The Hall–Kier alpha value is -4.79. The van der Waals surface area contributed by atoms with Gasteiger partial charge < -0.3 is 14.9 Å². The maximum absolute atomic E-state index is 13.7. The van der Waals surface area contributed by atoms with Crippen LogP contribution in [-0.2, 0) is 17.9 Å². The van der Waals surface area contributed by atoms with Crippen LogP contribution < -0.4 is 15.7 Å². The Bertz CT molecular complexity index is 1640. The lowest BCUT2D eigenvalue weighted by atomic mass is 10.1. The number of esters is 1. The van der Waals surface area contributed by atoms with Crippen molar-refractivity contribution in [2.45, 2.75) is 27.0 Å². The number of benzene rings is 2. The highest BCUT2D eigenvalue weighted by Gasteiger charge is 2.26. The first-order valence-corrected chi connectivity index (χ1v) is 11.9. The van der Waals surface area contributed by atoms with Gasteiger partial charge in [0, 0.05) is 24.3 Å².